The van der Waals surface area contributed by atoms with Gasteiger partial charge in [0.1, 0.15) is 5.76 Å². The molecule has 7 nitrogen and oxygen atoms in total. The maximum Gasteiger partial charge on any atom is 0.322 e. The lowest BCUT2D eigenvalue weighted by molar-refractivity contribution is 0.101. The molecule has 2 heterocycles. The van der Waals surface area contributed by atoms with Gasteiger partial charge in [-0.1, -0.05) is 17.3 Å². The van der Waals surface area contributed by atoms with E-state index in [0.717, 1.165) is 0 Å². The van der Waals surface area contributed by atoms with Gasteiger partial charge in [-0.3, -0.25) is 4.79 Å². The fraction of sp³-hybridized carbons (Fsp3) is 0.176. The zero-order valence-corrected chi connectivity index (χ0v) is 13.8. The molecule has 1 amide bonds. The van der Waals surface area contributed by atoms with Crippen molar-refractivity contribution in [3.8, 4) is 11.8 Å². The van der Waals surface area contributed by atoms with E-state index in [1.165, 1.54) is 18.2 Å². The van der Waals surface area contributed by atoms with Crippen molar-refractivity contribution in [1.82, 2.24) is 15.1 Å². The first-order valence-electron chi connectivity index (χ1n) is 7.46. The number of aromatic nitrogens is 3. The molecule has 2 aromatic heterocycles. The molecule has 25 heavy (non-hydrogen) atoms. The van der Waals surface area contributed by atoms with Crippen LogP contribution in [0.5, 0.6) is 11.8 Å². The van der Waals surface area contributed by atoms with E-state index in [2.05, 4.69) is 20.4 Å². The number of nitrogens with zero attached hydrogens (tertiary/aromatic N) is 3. The summed E-state index contributed by atoms with van der Waals surface area (Å²) in [5, 5.41) is 6.35. The molecule has 0 aliphatic heterocycles. The van der Waals surface area contributed by atoms with Crippen LogP contribution in [0.15, 0.2) is 34.9 Å². The van der Waals surface area contributed by atoms with E-state index in [4.69, 9.17) is 9.26 Å². The minimum Gasteiger partial charge on any atom is -0.421 e. The Balaban J connectivity index is 1.83. The highest BCUT2D eigenvalue weighted by Crippen LogP contribution is 2.25. The molecule has 0 radical (unpaired) electrons. The van der Waals surface area contributed by atoms with E-state index in [1.54, 1.807) is 32.9 Å². The molecule has 8 heteroatoms. The molecular formula is C17H15FN4O3. The number of carbonyl (C=O) groups is 1. The maximum absolute atomic E-state index is 13.7. The van der Waals surface area contributed by atoms with Gasteiger partial charge in [0.05, 0.1) is 17.1 Å². The Bertz CT molecular complexity index is 916. The van der Waals surface area contributed by atoms with Gasteiger partial charge in [0.25, 0.3) is 5.91 Å². The summed E-state index contributed by atoms with van der Waals surface area (Å²) in [7, 11) is 0. The average Bonchev–Trinajstić information content (AvgIpc) is 3.00. The Kier molecular flexibility index (Phi) is 4.42. The van der Waals surface area contributed by atoms with E-state index in [1.807, 2.05) is 0 Å². The van der Waals surface area contributed by atoms with Crippen molar-refractivity contribution in [2.24, 2.45) is 0 Å². The Hall–Kier alpha value is -3.29. The van der Waals surface area contributed by atoms with E-state index in [-0.39, 0.29) is 17.5 Å². The fourth-order valence-electron chi connectivity index (χ4n) is 2.19. The number of amides is 1. The number of rotatable bonds is 4. The van der Waals surface area contributed by atoms with Crippen LogP contribution in [0.25, 0.3) is 0 Å². The summed E-state index contributed by atoms with van der Waals surface area (Å²) in [4.78, 5) is 20.5. The normalized spacial score (nSPS) is 10.6. The van der Waals surface area contributed by atoms with Gasteiger partial charge in [0.2, 0.25) is 0 Å². The third-order valence-electron chi connectivity index (χ3n) is 3.39. The van der Waals surface area contributed by atoms with Crippen LogP contribution in [-0.2, 0) is 0 Å². The van der Waals surface area contributed by atoms with Crippen LogP contribution in [0, 0.1) is 26.6 Å². The Morgan fingerprint density at radius 1 is 1.16 bits per heavy atom. The van der Waals surface area contributed by atoms with Crippen molar-refractivity contribution in [2.45, 2.75) is 20.8 Å². The average molecular weight is 342 g/mol. The van der Waals surface area contributed by atoms with Gasteiger partial charge >= 0.3 is 6.01 Å². The molecule has 0 aliphatic carbocycles. The van der Waals surface area contributed by atoms with E-state index in [0.29, 0.717) is 22.8 Å². The van der Waals surface area contributed by atoms with Gasteiger partial charge in [0.15, 0.2) is 17.3 Å². The van der Waals surface area contributed by atoms with Crippen LogP contribution in [0.1, 0.15) is 27.6 Å². The molecule has 0 unspecified atom stereocenters. The first kappa shape index (κ1) is 16.6. The van der Waals surface area contributed by atoms with Crippen LogP contribution >= 0.6 is 0 Å². The highest BCUT2D eigenvalue weighted by molar-refractivity contribution is 6.03. The number of hydrogen-bond donors (Lipinski definition) is 1. The number of halogens is 1. The molecule has 0 fully saturated rings. The largest absolute Gasteiger partial charge is 0.421 e. The third kappa shape index (κ3) is 3.63. The van der Waals surface area contributed by atoms with Gasteiger partial charge in [-0.05, 0) is 32.9 Å². The van der Waals surface area contributed by atoms with Gasteiger partial charge in [-0.2, -0.15) is 9.97 Å². The molecule has 0 saturated heterocycles. The zero-order valence-electron chi connectivity index (χ0n) is 13.8. The minimum absolute atomic E-state index is 0.00428. The molecule has 0 aliphatic rings. The highest BCUT2D eigenvalue weighted by atomic mass is 19.1. The van der Waals surface area contributed by atoms with Crippen LogP contribution in [-0.4, -0.2) is 21.0 Å². The van der Waals surface area contributed by atoms with Gasteiger partial charge in [-0.15, -0.1) is 0 Å². The zero-order chi connectivity index (χ0) is 18.0. The van der Waals surface area contributed by atoms with Gasteiger partial charge < -0.3 is 14.6 Å². The van der Waals surface area contributed by atoms with Crippen LogP contribution < -0.4 is 10.1 Å². The summed E-state index contributed by atoms with van der Waals surface area (Å²) in [6.45, 7) is 5.07. The molecular weight excluding hydrogens is 327 g/mol. The molecule has 0 saturated carbocycles. The number of para-hydroxylation sites is 1. The first-order chi connectivity index (χ1) is 11.9. The predicted octanol–water partition coefficient (Wildman–Crippen LogP) is 3.57. The van der Waals surface area contributed by atoms with Crippen molar-refractivity contribution in [1.29, 1.82) is 0 Å². The van der Waals surface area contributed by atoms with E-state index < -0.39 is 11.7 Å². The minimum atomic E-state index is -0.514. The van der Waals surface area contributed by atoms with Crippen molar-refractivity contribution in [3.63, 3.8) is 0 Å². The standard InChI is InChI=1S/C17H15FN4O3/c1-9-8-13(22-25-9)16(23)21-15-10(2)19-17(20-11(15)3)24-14-7-5-4-6-12(14)18/h4-8H,1-3H3,(H,21,23). The Morgan fingerprint density at radius 2 is 1.84 bits per heavy atom. The van der Waals surface area contributed by atoms with Crippen molar-refractivity contribution < 1.29 is 18.4 Å². The monoisotopic (exact) mass is 342 g/mol. The number of hydrogen-bond acceptors (Lipinski definition) is 6. The lowest BCUT2D eigenvalue weighted by atomic mass is 10.2. The number of anilines is 1. The van der Waals surface area contributed by atoms with Crippen molar-refractivity contribution in [2.75, 3.05) is 5.32 Å². The molecule has 0 spiro atoms. The molecule has 3 aromatic rings. The lowest BCUT2D eigenvalue weighted by Crippen LogP contribution is -2.15. The molecule has 3 rings (SSSR count). The van der Waals surface area contributed by atoms with Crippen LogP contribution in [0.2, 0.25) is 0 Å². The Morgan fingerprint density at radius 3 is 2.44 bits per heavy atom. The van der Waals surface area contributed by atoms with E-state index >= 15 is 0 Å². The van der Waals surface area contributed by atoms with Crippen LogP contribution in [0.4, 0.5) is 10.1 Å². The Labute approximate surface area is 142 Å². The van der Waals surface area contributed by atoms with Crippen LogP contribution in [0.3, 0.4) is 0 Å². The summed E-state index contributed by atoms with van der Waals surface area (Å²) in [6, 6.07) is 7.48. The summed E-state index contributed by atoms with van der Waals surface area (Å²) in [5.41, 5.74) is 1.55. The molecule has 0 atom stereocenters. The SMILES string of the molecule is Cc1cc(C(=O)Nc2c(C)nc(Oc3ccccc3F)nc2C)no1. The molecule has 0 bridgehead atoms. The maximum atomic E-state index is 13.7. The first-order valence-corrected chi connectivity index (χ1v) is 7.46. The second-order valence-corrected chi connectivity index (χ2v) is 5.36. The number of nitrogens with one attached hydrogen (secondary N) is 1. The molecule has 1 N–H and O–H groups in total. The topological polar surface area (TPSA) is 90.1 Å². The lowest BCUT2D eigenvalue weighted by Gasteiger charge is -2.12. The second kappa shape index (κ2) is 6.68. The summed E-state index contributed by atoms with van der Waals surface area (Å²) >= 11 is 0. The molecule has 128 valence electrons. The fourth-order valence-corrected chi connectivity index (χ4v) is 2.19. The van der Waals surface area contributed by atoms with Gasteiger partial charge in [-0.25, -0.2) is 4.39 Å². The number of carbonyl (C=O) groups excluding carboxylic acids is 1. The van der Waals surface area contributed by atoms with Gasteiger partial charge in [0, 0.05) is 6.07 Å². The molecule has 1 aromatic carbocycles. The van der Waals surface area contributed by atoms with Crippen molar-refractivity contribution >= 4 is 11.6 Å². The van der Waals surface area contributed by atoms with Crippen molar-refractivity contribution in [3.05, 3.63) is 59.0 Å². The highest BCUT2D eigenvalue weighted by Gasteiger charge is 2.17. The van der Waals surface area contributed by atoms with E-state index in [9.17, 15) is 9.18 Å². The third-order valence-corrected chi connectivity index (χ3v) is 3.39. The summed E-state index contributed by atoms with van der Waals surface area (Å²) < 4.78 is 23.9. The number of benzene rings is 1. The quantitative estimate of drug-likeness (QED) is 0.779. The predicted molar refractivity (Wildman–Crippen MR) is 87.2 cm³/mol. The smallest absolute Gasteiger partial charge is 0.322 e. The number of ether oxygens (including phenoxy) is 1. The summed E-state index contributed by atoms with van der Waals surface area (Å²) in [5.74, 6) is -0.394. The summed E-state index contributed by atoms with van der Waals surface area (Å²) in [6.07, 6.45) is 0. The number of aryl methyl sites for hydroxylation is 3. The second-order valence-electron chi connectivity index (χ2n) is 5.36.